The Hall–Kier alpha value is -1.50. The van der Waals surface area contributed by atoms with Crippen LogP contribution in [0.2, 0.25) is 0 Å². The van der Waals surface area contributed by atoms with E-state index in [0.717, 1.165) is 24.4 Å². The van der Waals surface area contributed by atoms with Gasteiger partial charge in [0.25, 0.3) is 0 Å². The Kier molecular flexibility index (Phi) is 5.88. The lowest BCUT2D eigenvalue weighted by Gasteiger charge is -2.24. The largest absolute Gasteiger partial charge is 0.301 e. The van der Waals surface area contributed by atoms with E-state index in [0.29, 0.717) is 11.6 Å². The highest BCUT2D eigenvalue weighted by Crippen LogP contribution is 2.19. The van der Waals surface area contributed by atoms with Gasteiger partial charge < -0.3 is 5.32 Å². The number of nitrogens with one attached hydrogen (secondary N) is 2. The molecule has 3 rings (SSSR count). The number of fused-ring (bicyclic) bond motifs is 1. The molecule has 1 unspecified atom stereocenters. The van der Waals surface area contributed by atoms with Gasteiger partial charge in [-0.05, 0) is 24.0 Å². The molecule has 2 heterocycles. The first kappa shape index (κ1) is 16.9. The van der Waals surface area contributed by atoms with Crippen LogP contribution in [0.25, 0.3) is 0 Å². The molecule has 2 aromatic rings. The fourth-order valence-corrected chi connectivity index (χ4v) is 3.30. The molecule has 1 aliphatic heterocycles. The number of rotatable bonds is 4. The van der Waals surface area contributed by atoms with Gasteiger partial charge in [-0.25, -0.2) is 0 Å². The summed E-state index contributed by atoms with van der Waals surface area (Å²) in [5, 5.41) is 15.8. The summed E-state index contributed by atoms with van der Waals surface area (Å²) in [6.07, 6.45) is 2.65. The molecular weight excluding hydrogens is 320 g/mol. The smallest absolute Gasteiger partial charge is 0.243 e. The second-order valence-corrected chi connectivity index (χ2v) is 6.21. The van der Waals surface area contributed by atoms with Crippen LogP contribution < -0.4 is 10.6 Å². The van der Waals surface area contributed by atoms with Crippen LogP contribution in [0.4, 0.5) is 5.13 Å². The summed E-state index contributed by atoms with van der Waals surface area (Å²) in [6, 6.07) is 8.01. The van der Waals surface area contributed by atoms with E-state index in [2.05, 4.69) is 39.9 Å². The summed E-state index contributed by atoms with van der Waals surface area (Å²) in [5.74, 6) is -0.0382. The van der Waals surface area contributed by atoms with Gasteiger partial charge in [-0.15, -0.1) is 22.6 Å². The summed E-state index contributed by atoms with van der Waals surface area (Å²) < 4.78 is 0. The van der Waals surface area contributed by atoms with E-state index < -0.39 is 0 Å². The Balaban J connectivity index is 0.00000176. The highest BCUT2D eigenvalue weighted by atomic mass is 35.5. The van der Waals surface area contributed by atoms with Crippen LogP contribution in [0, 0.1) is 0 Å². The Bertz CT molecular complexity index is 646. The fourth-order valence-electron chi connectivity index (χ4n) is 2.45. The van der Waals surface area contributed by atoms with Crippen LogP contribution in [0.15, 0.2) is 24.3 Å². The molecule has 0 spiro atoms. The van der Waals surface area contributed by atoms with Gasteiger partial charge in [0.2, 0.25) is 11.0 Å². The molecule has 22 heavy (non-hydrogen) atoms. The molecule has 1 aromatic carbocycles. The second-order valence-electron chi connectivity index (χ2n) is 5.15. The minimum absolute atomic E-state index is 0. The van der Waals surface area contributed by atoms with E-state index in [1.54, 1.807) is 0 Å². The Morgan fingerprint density at radius 2 is 2.14 bits per heavy atom. The van der Waals surface area contributed by atoms with E-state index in [4.69, 9.17) is 0 Å². The molecule has 0 aliphatic carbocycles. The Morgan fingerprint density at radius 1 is 1.36 bits per heavy atom. The highest BCUT2D eigenvalue weighted by Gasteiger charge is 2.24. The van der Waals surface area contributed by atoms with Gasteiger partial charge >= 0.3 is 0 Å². The number of anilines is 1. The van der Waals surface area contributed by atoms with Crippen LogP contribution in [-0.4, -0.2) is 22.1 Å². The third-order valence-electron chi connectivity index (χ3n) is 3.56. The normalized spacial score (nSPS) is 16.5. The summed E-state index contributed by atoms with van der Waals surface area (Å²) in [4.78, 5) is 12.3. The molecule has 118 valence electrons. The standard InChI is InChI=1S/C15H18N4OS.ClH/c1-2-5-13-18-19-15(21-13)17-14(20)12-8-10-6-3-4-7-11(10)9-16-12;/h3-4,6-7,12,16H,2,5,8-9H2,1H3,(H,17,19,20);1H. The van der Waals surface area contributed by atoms with Crippen LogP contribution >= 0.6 is 23.7 Å². The minimum Gasteiger partial charge on any atom is -0.301 e. The highest BCUT2D eigenvalue weighted by molar-refractivity contribution is 7.15. The van der Waals surface area contributed by atoms with Crippen molar-refractivity contribution in [3.63, 3.8) is 0 Å². The fraction of sp³-hybridized carbons (Fsp3) is 0.400. The molecule has 1 amide bonds. The number of halogens is 1. The number of nitrogens with zero attached hydrogens (tertiary/aromatic N) is 2. The molecule has 1 atom stereocenters. The molecular formula is C15H19ClN4OS. The SMILES string of the molecule is CCCc1nnc(NC(=O)C2Cc3ccccc3CN2)s1.Cl. The molecule has 0 fully saturated rings. The van der Waals surface area contributed by atoms with E-state index in [-0.39, 0.29) is 24.4 Å². The predicted molar refractivity (Wildman–Crippen MR) is 90.6 cm³/mol. The summed E-state index contributed by atoms with van der Waals surface area (Å²) >= 11 is 1.45. The van der Waals surface area contributed by atoms with Crippen molar-refractivity contribution in [2.24, 2.45) is 0 Å². The molecule has 5 nitrogen and oxygen atoms in total. The minimum atomic E-state index is -0.210. The zero-order chi connectivity index (χ0) is 14.7. The zero-order valence-electron chi connectivity index (χ0n) is 12.3. The molecule has 2 N–H and O–H groups in total. The lowest BCUT2D eigenvalue weighted by molar-refractivity contribution is -0.118. The summed E-state index contributed by atoms with van der Waals surface area (Å²) in [6.45, 7) is 2.83. The molecule has 7 heteroatoms. The van der Waals surface area contributed by atoms with Crippen molar-refractivity contribution < 1.29 is 4.79 Å². The average molecular weight is 339 g/mol. The third kappa shape index (κ3) is 3.82. The number of hydrogen-bond donors (Lipinski definition) is 2. The van der Waals surface area contributed by atoms with Crippen LogP contribution in [0.3, 0.4) is 0 Å². The summed E-state index contributed by atoms with van der Waals surface area (Å²) in [5.41, 5.74) is 2.50. The van der Waals surface area contributed by atoms with Crippen LogP contribution in [0.5, 0.6) is 0 Å². The summed E-state index contributed by atoms with van der Waals surface area (Å²) in [7, 11) is 0. The first-order valence-corrected chi connectivity index (χ1v) is 8.01. The number of amides is 1. The van der Waals surface area contributed by atoms with E-state index in [1.807, 2.05) is 12.1 Å². The first-order chi connectivity index (χ1) is 10.3. The molecule has 1 aromatic heterocycles. The van der Waals surface area contributed by atoms with Crippen molar-refractivity contribution in [2.75, 3.05) is 5.32 Å². The number of benzene rings is 1. The Labute approximate surface area is 139 Å². The molecule has 1 aliphatic rings. The van der Waals surface area contributed by atoms with Crippen molar-refractivity contribution in [3.8, 4) is 0 Å². The topological polar surface area (TPSA) is 66.9 Å². The van der Waals surface area contributed by atoms with E-state index in [9.17, 15) is 4.79 Å². The second kappa shape index (κ2) is 7.67. The van der Waals surface area contributed by atoms with E-state index >= 15 is 0 Å². The lowest BCUT2D eigenvalue weighted by atomic mass is 9.95. The lowest BCUT2D eigenvalue weighted by Crippen LogP contribution is -2.44. The zero-order valence-corrected chi connectivity index (χ0v) is 14.0. The third-order valence-corrected chi connectivity index (χ3v) is 4.46. The van der Waals surface area contributed by atoms with Crippen LogP contribution in [0.1, 0.15) is 29.5 Å². The molecule has 0 radical (unpaired) electrons. The van der Waals surface area contributed by atoms with Gasteiger partial charge in [0.1, 0.15) is 5.01 Å². The van der Waals surface area contributed by atoms with E-state index in [1.165, 1.54) is 22.5 Å². The first-order valence-electron chi connectivity index (χ1n) is 7.19. The van der Waals surface area contributed by atoms with Crippen LogP contribution in [-0.2, 0) is 24.2 Å². The van der Waals surface area contributed by atoms with Crippen molar-refractivity contribution in [1.82, 2.24) is 15.5 Å². The molecule has 0 bridgehead atoms. The maximum atomic E-state index is 12.3. The monoisotopic (exact) mass is 338 g/mol. The number of hydrogen-bond acceptors (Lipinski definition) is 5. The number of carbonyl (C=O) groups excluding carboxylic acids is 1. The maximum Gasteiger partial charge on any atom is 0.243 e. The molecule has 0 saturated carbocycles. The predicted octanol–water partition coefficient (Wildman–Crippen LogP) is 2.57. The number of aryl methyl sites for hydroxylation is 1. The van der Waals surface area contributed by atoms with Gasteiger partial charge in [0.15, 0.2) is 0 Å². The van der Waals surface area contributed by atoms with Gasteiger partial charge in [0, 0.05) is 13.0 Å². The van der Waals surface area contributed by atoms with Gasteiger partial charge in [0.05, 0.1) is 6.04 Å². The maximum absolute atomic E-state index is 12.3. The van der Waals surface area contributed by atoms with Crippen molar-refractivity contribution in [3.05, 3.63) is 40.4 Å². The number of aromatic nitrogens is 2. The average Bonchev–Trinajstić information content (AvgIpc) is 2.94. The van der Waals surface area contributed by atoms with Gasteiger partial charge in [-0.1, -0.05) is 42.5 Å². The quantitative estimate of drug-likeness (QED) is 0.899. The van der Waals surface area contributed by atoms with Crippen molar-refractivity contribution in [1.29, 1.82) is 0 Å². The Morgan fingerprint density at radius 3 is 2.91 bits per heavy atom. The van der Waals surface area contributed by atoms with Crippen molar-refractivity contribution in [2.45, 2.75) is 38.8 Å². The van der Waals surface area contributed by atoms with Gasteiger partial charge in [-0.2, -0.15) is 0 Å². The number of carbonyl (C=O) groups is 1. The van der Waals surface area contributed by atoms with Gasteiger partial charge in [-0.3, -0.25) is 10.1 Å². The van der Waals surface area contributed by atoms with Crippen molar-refractivity contribution >= 4 is 34.8 Å². The molecule has 0 saturated heterocycles.